The summed E-state index contributed by atoms with van der Waals surface area (Å²) >= 11 is 15.4. The lowest BCUT2D eigenvalue weighted by Crippen LogP contribution is -1.96. The van der Waals surface area contributed by atoms with Crippen molar-refractivity contribution >= 4 is 50.0 Å². The first-order valence-electron chi connectivity index (χ1n) is 5.73. The van der Waals surface area contributed by atoms with E-state index < -0.39 is 11.6 Å². The molecule has 106 valence electrons. The molecular weight excluding hydrogens is 385 g/mol. The molecule has 0 aliphatic heterocycles. The summed E-state index contributed by atoms with van der Waals surface area (Å²) in [5, 5.41) is 0.473. The van der Waals surface area contributed by atoms with E-state index in [2.05, 4.69) is 25.9 Å². The highest BCUT2D eigenvalue weighted by Gasteiger charge is 2.15. The maximum Gasteiger partial charge on any atom is 0.163 e. The number of hydrogen-bond donors (Lipinski definition) is 0. The highest BCUT2D eigenvalue weighted by Crippen LogP contribution is 2.32. The zero-order chi connectivity index (χ0) is 15.1. The third kappa shape index (κ3) is 2.73. The molecule has 0 amide bonds. The number of nitrogens with zero attached hydrogens (tertiary/aromatic N) is 2. The van der Waals surface area contributed by atoms with Gasteiger partial charge in [-0.05, 0) is 24.3 Å². The van der Waals surface area contributed by atoms with Gasteiger partial charge in [0.25, 0.3) is 0 Å². The predicted octanol–water partition coefficient (Wildman–Crippen LogP) is 5.64. The highest BCUT2D eigenvalue weighted by atomic mass is 79.9. The zero-order valence-electron chi connectivity index (χ0n) is 10.2. The number of fused-ring (bicyclic) bond motifs is 1. The molecule has 0 saturated heterocycles. The fraction of sp³-hybridized carbons (Fsp3) is 0. The summed E-state index contributed by atoms with van der Waals surface area (Å²) in [5.74, 6) is -1.36. The maximum atomic E-state index is 13.9. The fourth-order valence-corrected chi connectivity index (χ4v) is 2.89. The van der Waals surface area contributed by atoms with E-state index in [0.717, 1.165) is 16.6 Å². The Labute approximate surface area is 136 Å². The van der Waals surface area contributed by atoms with Crippen LogP contribution in [0.15, 0.2) is 34.8 Å². The second-order valence-electron chi connectivity index (χ2n) is 4.25. The first-order valence-corrected chi connectivity index (χ1v) is 7.28. The zero-order valence-corrected chi connectivity index (χ0v) is 13.3. The van der Waals surface area contributed by atoms with E-state index >= 15 is 0 Å². The first kappa shape index (κ1) is 14.6. The Balaban J connectivity index is 2.30. The minimum Gasteiger partial charge on any atom is -0.225 e. The predicted molar refractivity (Wildman–Crippen MR) is 82.6 cm³/mol. The van der Waals surface area contributed by atoms with Crippen LogP contribution >= 0.6 is 39.1 Å². The van der Waals surface area contributed by atoms with Gasteiger partial charge in [-0.15, -0.1) is 0 Å². The molecule has 0 N–H and O–H groups in total. The molecule has 0 fully saturated rings. The third-order valence-electron chi connectivity index (χ3n) is 2.84. The molecule has 0 aliphatic rings. The van der Waals surface area contributed by atoms with Crippen LogP contribution in [0.1, 0.15) is 0 Å². The van der Waals surface area contributed by atoms with E-state index in [0.29, 0.717) is 10.6 Å². The van der Waals surface area contributed by atoms with Crippen LogP contribution in [0.4, 0.5) is 8.78 Å². The van der Waals surface area contributed by atoms with Crippen LogP contribution < -0.4 is 0 Å². The van der Waals surface area contributed by atoms with Crippen LogP contribution in [-0.4, -0.2) is 9.97 Å². The molecular formula is C14H5BrCl2F2N2. The number of hydrogen-bond acceptors (Lipinski definition) is 2. The smallest absolute Gasteiger partial charge is 0.163 e. The highest BCUT2D eigenvalue weighted by molar-refractivity contribution is 9.10. The molecule has 0 spiro atoms. The number of benzene rings is 2. The van der Waals surface area contributed by atoms with E-state index in [1.807, 2.05) is 0 Å². The molecule has 2 nitrogen and oxygen atoms in total. The standard InChI is InChI=1S/C14H5BrCl2F2N2/c15-6-1-2-8(10(16)3-6)14-20-12-9(13(17)21-14)4-7(18)5-11(12)19/h1-5H. The molecule has 0 unspecified atom stereocenters. The van der Waals surface area contributed by atoms with Crippen molar-refractivity contribution in [1.82, 2.24) is 9.97 Å². The lowest BCUT2D eigenvalue weighted by Gasteiger charge is -2.07. The first-order chi connectivity index (χ1) is 9.95. The SMILES string of the molecule is Fc1cc(F)c2nc(-c3ccc(Br)cc3Cl)nc(Cl)c2c1. The van der Waals surface area contributed by atoms with Crippen LogP contribution in [0.5, 0.6) is 0 Å². The quantitative estimate of drug-likeness (QED) is 0.503. The van der Waals surface area contributed by atoms with Gasteiger partial charge in [0.05, 0.1) is 5.02 Å². The third-order valence-corrected chi connectivity index (χ3v) is 3.94. The lowest BCUT2D eigenvalue weighted by molar-refractivity contribution is 0.590. The van der Waals surface area contributed by atoms with Crippen molar-refractivity contribution in [2.45, 2.75) is 0 Å². The summed E-state index contributed by atoms with van der Waals surface area (Å²) in [4.78, 5) is 8.17. The van der Waals surface area contributed by atoms with Crippen LogP contribution in [-0.2, 0) is 0 Å². The van der Waals surface area contributed by atoms with Crippen molar-refractivity contribution in [2.75, 3.05) is 0 Å². The summed E-state index contributed by atoms with van der Waals surface area (Å²) in [7, 11) is 0. The van der Waals surface area contributed by atoms with E-state index in [-0.39, 0.29) is 21.9 Å². The van der Waals surface area contributed by atoms with Gasteiger partial charge in [-0.25, -0.2) is 18.7 Å². The van der Waals surface area contributed by atoms with Gasteiger partial charge in [-0.3, -0.25) is 0 Å². The average Bonchev–Trinajstić information content (AvgIpc) is 2.40. The Morgan fingerprint density at radius 1 is 1.00 bits per heavy atom. The largest absolute Gasteiger partial charge is 0.225 e. The van der Waals surface area contributed by atoms with Gasteiger partial charge >= 0.3 is 0 Å². The van der Waals surface area contributed by atoms with E-state index in [1.54, 1.807) is 18.2 Å². The summed E-state index contributed by atoms with van der Waals surface area (Å²) in [6.07, 6.45) is 0. The molecule has 21 heavy (non-hydrogen) atoms. The molecule has 1 heterocycles. The fourth-order valence-electron chi connectivity index (χ4n) is 1.91. The molecule has 0 aliphatic carbocycles. The Kier molecular flexibility index (Phi) is 3.82. The van der Waals surface area contributed by atoms with Gasteiger partial charge in [0.2, 0.25) is 0 Å². The van der Waals surface area contributed by atoms with Gasteiger partial charge in [-0.2, -0.15) is 0 Å². The molecule has 0 saturated carbocycles. The van der Waals surface area contributed by atoms with Crippen molar-refractivity contribution in [3.05, 3.63) is 56.6 Å². The summed E-state index contributed by atoms with van der Waals surface area (Å²) in [6, 6.07) is 6.95. The van der Waals surface area contributed by atoms with Crippen molar-refractivity contribution in [2.24, 2.45) is 0 Å². The van der Waals surface area contributed by atoms with E-state index in [1.165, 1.54) is 0 Å². The molecule has 1 aromatic heterocycles. The van der Waals surface area contributed by atoms with Crippen LogP contribution in [0.2, 0.25) is 10.2 Å². The van der Waals surface area contributed by atoms with Crippen molar-refractivity contribution in [3.63, 3.8) is 0 Å². The molecule has 2 aromatic carbocycles. The second kappa shape index (κ2) is 5.48. The second-order valence-corrected chi connectivity index (χ2v) is 5.93. The minimum atomic E-state index is -0.802. The molecule has 0 bridgehead atoms. The Morgan fingerprint density at radius 3 is 2.48 bits per heavy atom. The van der Waals surface area contributed by atoms with Crippen molar-refractivity contribution in [1.29, 1.82) is 0 Å². The molecule has 3 rings (SSSR count). The maximum absolute atomic E-state index is 13.9. The van der Waals surface area contributed by atoms with Crippen LogP contribution in [0.3, 0.4) is 0 Å². The van der Waals surface area contributed by atoms with Crippen molar-refractivity contribution in [3.8, 4) is 11.4 Å². The molecule has 0 radical (unpaired) electrons. The molecule has 7 heteroatoms. The summed E-state index contributed by atoms with van der Waals surface area (Å²) in [5.41, 5.74) is 0.456. The van der Waals surface area contributed by atoms with Gasteiger partial charge < -0.3 is 0 Å². The summed E-state index contributed by atoms with van der Waals surface area (Å²) in [6.45, 7) is 0. The van der Waals surface area contributed by atoms with Crippen LogP contribution in [0, 0.1) is 11.6 Å². The Hall–Kier alpha value is -1.30. The number of rotatable bonds is 1. The number of halogens is 5. The van der Waals surface area contributed by atoms with Gasteiger partial charge in [0.1, 0.15) is 16.5 Å². The topological polar surface area (TPSA) is 25.8 Å². The lowest BCUT2D eigenvalue weighted by atomic mass is 10.2. The normalized spacial score (nSPS) is 11.1. The minimum absolute atomic E-state index is 0.0348. The van der Waals surface area contributed by atoms with Gasteiger partial charge in [0.15, 0.2) is 11.6 Å². The average molecular weight is 390 g/mol. The molecule has 3 aromatic rings. The molecule has 0 atom stereocenters. The Morgan fingerprint density at radius 2 is 1.76 bits per heavy atom. The van der Waals surface area contributed by atoms with Gasteiger partial charge in [0, 0.05) is 21.5 Å². The van der Waals surface area contributed by atoms with Crippen LogP contribution in [0.25, 0.3) is 22.3 Å². The van der Waals surface area contributed by atoms with Gasteiger partial charge in [-0.1, -0.05) is 39.1 Å². The Bertz CT molecular complexity index is 871. The van der Waals surface area contributed by atoms with E-state index in [4.69, 9.17) is 23.2 Å². The summed E-state index contributed by atoms with van der Waals surface area (Å²) < 4.78 is 27.9. The number of aromatic nitrogens is 2. The van der Waals surface area contributed by atoms with E-state index in [9.17, 15) is 8.78 Å². The van der Waals surface area contributed by atoms with Crippen molar-refractivity contribution < 1.29 is 8.78 Å². The monoisotopic (exact) mass is 388 g/mol.